The molecule has 0 aliphatic carbocycles. The average molecular weight is 425 g/mol. The summed E-state index contributed by atoms with van der Waals surface area (Å²) in [6.45, 7) is 0. The molecule has 1 aliphatic rings. The minimum Gasteiger partial charge on any atom is -0.342 e. The molecule has 0 bridgehead atoms. The molecule has 9 nitrogen and oxygen atoms in total. The van der Waals surface area contributed by atoms with Crippen molar-refractivity contribution >= 4 is 39.2 Å². The maximum atomic E-state index is 12.9. The normalized spacial score (nSPS) is 16.4. The lowest BCUT2D eigenvalue weighted by atomic mass is 10.0. The molecular formula is C20H19N5O4S. The summed E-state index contributed by atoms with van der Waals surface area (Å²) in [6.07, 6.45) is 1.56. The second-order valence-electron chi connectivity index (χ2n) is 6.85. The van der Waals surface area contributed by atoms with Crippen LogP contribution in [0, 0.1) is 0 Å². The summed E-state index contributed by atoms with van der Waals surface area (Å²) in [7, 11) is -0.765. The molecule has 2 aromatic carbocycles. The topological polar surface area (TPSA) is 116 Å². The molecule has 1 atom stereocenters. The Morgan fingerprint density at radius 1 is 1.03 bits per heavy atom. The minimum atomic E-state index is -4.26. The van der Waals surface area contributed by atoms with Crippen molar-refractivity contribution < 1.29 is 17.8 Å². The second kappa shape index (κ2) is 7.39. The highest BCUT2D eigenvalue weighted by Gasteiger charge is 2.37. The van der Waals surface area contributed by atoms with E-state index in [0.717, 1.165) is 5.56 Å². The van der Waals surface area contributed by atoms with Crippen molar-refractivity contribution in [1.29, 1.82) is 0 Å². The smallest absolute Gasteiger partial charge is 0.294 e. The molecule has 4 rings (SSSR count). The quantitative estimate of drug-likeness (QED) is 0.613. The van der Waals surface area contributed by atoms with Gasteiger partial charge in [0.05, 0.1) is 11.1 Å². The number of carbonyl (C=O) groups is 1. The van der Waals surface area contributed by atoms with Gasteiger partial charge in [0, 0.05) is 19.8 Å². The predicted molar refractivity (Wildman–Crippen MR) is 113 cm³/mol. The number of hydrogen-bond acceptors (Lipinski definition) is 7. The van der Waals surface area contributed by atoms with Crippen molar-refractivity contribution in [2.75, 3.05) is 29.2 Å². The zero-order chi connectivity index (χ0) is 21.5. The van der Waals surface area contributed by atoms with Crippen molar-refractivity contribution in [3.63, 3.8) is 0 Å². The number of amides is 1. The zero-order valence-corrected chi connectivity index (χ0v) is 17.0. The first-order valence-corrected chi connectivity index (χ1v) is 10.5. The number of rotatable bonds is 4. The first-order valence-electron chi connectivity index (χ1n) is 9.02. The van der Waals surface area contributed by atoms with Gasteiger partial charge in [-0.25, -0.2) is 4.98 Å². The van der Waals surface area contributed by atoms with E-state index in [0.29, 0.717) is 17.2 Å². The number of carbonyl (C=O) groups excluding carboxylic acids is 1. The summed E-state index contributed by atoms with van der Waals surface area (Å²) in [5, 5.41) is 3.01. The van der Waals surface area contributed by atoms with E-state index >= 15 is 0 Å². The van der Waals surface area contributed by atoms with Gasteiger partial charge in [-0.15, -0.1) is 0 Å². The SMILES string of the molecule is CN1C(=O)C(c2ccccc2)N(C)c2nc(Nc3ccc(S(=O)(=O)O)cc3)ncc21. The van der Waals surface area contributed by atoms with Crippen LogP contribution in [0.4, 0.5) is 23.1 Å². The van der Waals surface area contributed by atoms with Gasteiger partial charge in [-0.3, -0.25) is 9.35 Å². The highest BCUT2D eigenvalue weighted by atomic mass is 32.2. The summed E-state index contributed by atoms with van der Waals surface area (Å²) in [4.78, 5) is 24.9. The molecule has 2 heterocycles. The van der Waals surface area contributed by atoms with Crippen LogP contribution in [0.15, 0.2) is 65.7 Å². The van der Waals surface area contributed by atoms with Gasteiger partial charge >= 0.3 is 0 Å². The Kier molecular flexibility index (Phi) is 4.88. The average Bonchev–Trinajstić information content (AvgIpc) is 2.73. The minimum absolute atomic E-state index is 0.0821. The number of fused-ring (bicyclic) bond motifs is 1. The van der Waals surface area contributed by atoms with Crippen LogP contribution in [0.3, 0.4) is 0 Å². The molecule has 3 aromatic rings. The van der Waals surface area contributed by atoms with Crippen molar-refractivity contribution in [2.45, 2.75) is 10.9 Å². The highest BCUT2D eigenvalue weighted by molar-refractivity contribution is 7.85. The third-order valence-corrected chi connectivity index (χ3v) is 5.79. The summed E-state index contributed by atoms with van der Waals surface area (Å²) in [6, 6.07) is 14.5. The Bertz CT molecular complexity index is 1200. The number of hydrogen-bond donors (Lipinski definition) is 2. The third kappa shape index (κ3) is 3.58. The van der Waals surface area contributed by atoms with E-state index in [2.05, 4.69) is 15.3 Å². The Balaban J connectivity index is 1.66. The molecule has 0 radical (unpaired) electrons. The molecule has 0 fully saturated rings. The van der Waals surface area contributed by atoms with Gasteiger partial charge in [-0.1, -0.05) is 30.3 Å². The van der Waals surface area contributed by atoms with Gasteiger partial charge in [-0.2, -0.15) is 13.4 Å². The Labute approximate surface area is 173 Å². The lowest BCUT2D eigenvalue weighted by molar-refractivity contribution is -0.120. The summed E-state index contributed by atoms with van der Waals surface area (Å²) >= 11 is 0. The van der Waals surface area contributed by atoms with E-state index in [9.17, 15) is 13.2 Å². The fourth-order valence-electron chi connectivity index (χ4n) is 3.35. The zero-order valence-electron chi connectivity index (χ0n) is 16.2. The number of nitrogens with one attached hydrogen (secondary N) is 1. The van der Waals surface area contributed by atoms with Crippen LogP contribution in [0.25, 0.3) is 0 Å². The highest BCUT2D eigenvalue weighted by Crippen LogP contribution is 2.38. The van der Waals surface area contributed by atoms with Gasteiger partial charge in [0.1, 0.15) is 11.7 Å². The largest absolute Gasteiger partial charge is 0.342 e. The van der Waals surface area contributed by atoms with Crippen LogP contribution in [0.1, 0.15) is 11.6 Å². The molecule has 2 N–H and O–H groups in total. The predicted octanol–water partition coefficient (Wildman–Crippen LogP) is 2.62. The first-order chi connectivity index (χ1) is 14.3. The number of anilines is 4. The summed E-state index contributed by atoms with van der Waals surface area (Å²) in [5.74, 6) is 0.786. The summed E-state index contributed by atoms with van der Waals surface area (Å²) < 4.78 is 31.4. The molecule has 0 saturated heterocycles. The van der Waals surface area contributed by atoms with Crippen LogP contribution < -0.4 is 15.1 Å². The van der Waals surface area contributed by atoms with E-state index < -0.39 is 16.2 Å². The van der Waals surface area contributed by atoms with Crippen LogP contribution in [0.2, 0.25) is 0 Å². The molecular weight excluding hydrogens is 406 g/mol. The molecule has 1 amide bonds. The van der Waals surface area contributed by atoms with Crippen molar-refractivity contribution in [3.8, 4) is 0 Å². The van der Waals surface area contributed by atoms with E-state index in [-0.39, 0.29) is 16.8 Å². The molecule has 154 valence electrons. The molecule has 0 saturated carbocycles. The number of aromatic nitrogens is 2. The van der Waals surface area contributed by atoms with Gasteiger partial charge in [0.15, 0.2) is 5.82 Å². The van der Waals surface area contributed by atoms with E-state index in [1.165, 1.54) is 29.2 Å². The van der Waals surface area contributed by atoms with Gasteiger partial charge in [0.2, 0.25) is 5.95 Å². The van der Waals surface area contributed by atoms with Gasteiger partial charge in [-0.05, 0) is 29.8 Å². The molecule has 1 unspecified atom stereocenters. The van der Waals surface area contributed by atoms with Gasteiger partial charge in [0.25, 0.3) is 16.0 Å². The first kappa shape index (κ1) is 19.8. The molecule has 10 heteroatoms. The maximum absolute atomic E-state index is 12.9. The van der Waals surface area contributed by atoms with Crippen molar-refractivity contribution in [1.82, 2.24) is 9.97 Å². The Hall–Kier alpha value is -3.50. The molecule has 30 heavy (non-hydrogen) atoms. The lowest BCUT2D eigenvalue weighted by Crippen LogP contribution is -2.45. The summed E-state index contributed by atoms with van der Waals surface area (Å²) in [5.41, 5.74) is 1.99. The molecule has 0 spiro atoms. The maximum Gasteiger partial charge on any atom is 0.294 e. The van der Waals surface area contributed by atoms with Crippen molar-refractivity contribution in [3.05, 3.63) is 66.4 Å². The number of likely N-dealkylation sites (N-methyl/N-ethyl adjacent to an activating group) is 2. The van der Waals surface area contributed by atoms with Crippen LogP contribution in [-0.4, -0.2) is 42.9 Å². The van der Waals surface area contributed by atoms with E-state index in [1.54, 1.807) is 25.2 Å². The van der Waals surface area contributed by atoms with Crippen LogP contribution in [-0.2, 0) is 14.9 Å². The van der Waals surface area contributed by atoms with Crippen LogP contribution >= 0.6 is 0 Å². The van der Waals surface area contributed by atoms with E-state index in [4.69, 9.17) is 4.55 Å². The molecule has 1 aromatic heterocycles. The van der Waals surface area contributed by atoms with E-state index in [1.807, 2.05) is 30.3 Å². The number of benzene rings is 2. The monoisotopic (exact) mass is 425 g/mol. The Morgan fingerprint density at radius 2 is 1.70 bits per heavy atom. The number of nitrogens with zero attached hydrogens (tertiary/aromatic N) is 4. The fourth-order valence-corrected chi connectivity index (χ4v) is 3.83. The third-order valence-electron chi connectivity index (χ3n) is 4.92. The standard InChI is InChI=1S/C20H19N5O4S/c1-24-16-12-21-20(22-14-8-10-15(11-9-14)30(27,28)29)23-18(16)25(2)17(19(24)26)13-6-4-3-5-7-13/h3-12,17H,1-2H3,(H,21,22,23)(H,27,28,29). The van der Waals surface area contributed by atoms with Crippen molar-refractivity contribution in [2.24, 2.45) is 0 Å². The van der Waals surface area contributed by atoms with Gasteiger partial charge < -0.3 is 15.1 Å². The fraction of sp³-hybridized carbons (Fsp3) is 0.150. The Morgan fingerprint density at radius 3 is 2.33 bits per heavy atom. The lowest BCUT2D eigenvalue weighted by Gasteiger charge is -2.38. The van der Waals surface area contributed by atoms with Crippen LogP contribution in [0.5, 0.6) is 0 Å². The molecule has 1 aliphatic heterocycles. The second-order valence-corrected chi connectivity index (χ2v) is 8.27.